The molecule has 0 aliphatic carbocycles. The van der Waals surface area contributed by atoms with Gasteiger partial charge in [-0.25, -0.2) is 4.79 Å². The molecule has 1 aliphatic heterocycles. The molecule has 4 nitrogen and oxygen atoms in total. The Kier molecular flexibility index (Phi) is 5.47. The summed E-state index contributed by atoms with van der Waals surface area (Å²) in [4.78, 5) is 13.1. The lowest BCUT2D eigenvalue weighted by Gasteiger charge is -2.24. The van der Waals surface area contributed by atoms with Crippen LogP contribution in [0.5, 0.6) is 0 Å². The van der Waals surface area contributed by atoms with Crippen molar-refractivity contribution in [1.29, 1.82) is 0 Å². The number of halogens is 2. The number of esters is 1. The lowest BCUT2D eigenvalue weighted by Crippen LogP contribution is -2.42. The van der Waals surface area contributed by atoms with Gasteiger partial charge in [0.25, 0.3) is 0 Å². The molecule has 0 bridgehead atoms. The highest BCUT2D eigenvalue weighted by atomic mass is 19.3. The van der Waals surface area contributed by atoms with Crippen molar-refractivity contribution in [1.82, 2.24) is 10.2 Å². The number of rotatable bonds is 7. The molecule has 0 aromatic heterocycles. The van der Waals surface area contributed by atoms with Crippen LogP contribution >= 0.6 is 0 Å². The Hall–Kier alpha value is -0.750. The monoisotopic (exact) mass is 264 g/mol. The standard InChI is InChI=1S/C12H22F2N2O2/c1-4-16(5-2)8-9(3)15-7-10-6-12(13,14)11(17)18-10/h9-10,15H,4-8H2,1-3H3. The van der Waals surface area contributed by atoms with E-state index in [4.69, 9.17) is 0 Å². The molecule has 1 aliphatic rings. The Bertz CT molecular complexity index is 283. The molecule has 0 aromatic rings. The van der Waals surface area contributed by atoms with Gasteiger partial charge < -0.3 is 15.0 Å². The number of carbonyl (C=O) groups is 1. The highest BCUT2D eigenvalue weighted by Gasteiger charge is 2.50. The molecule has 1 heterocycles. The minimum atomic E-state index is -3.31. The number of carbonyl (C=O) groups excluding carboxylic acids is 1. The van der Waals surface area contributed by atoms with E-state index in [-0.39, 0.29) is 12.6 Å². The summed E-state index contributed by atoms with van der Waals surface area (Å²) in [5.74, 6) is -4.71. The van der Waals surface area contributed by atoms with Crippen molar-refractivity contribution < 1.29 is 18.3 Å². The Morgan fingerprint density at radius 2 is 2.11 bits per heavy atom. The van der Waals surface area contributed by atoms with Crippen LogP contribution in [0.2, 0.25) is 0 Å². The second-order valence-corrected chi connectivity index (χ2v) is 4.73. The van der Waals surface area contributed by atoms with Crippen molar-refractivity contribution in [3.05, 3.63) is 0 Å². The Morgan fingerprint density at radius 3 is 2.56 bits per heavy atom. The van der Waals surface area contributed by atoms with Gasteiger partial charge in [0.05, 0.1) is 6.42 Å². The molecule has 18 heavy (non-hydrogen) atoms. The smallest absolute Gasteiger partial charge is 0.377 e. The molecule has 1 N–H and O–H groups in total. The molecule has 1 fully saturated rings. The summed E-state index contributed by atoms with van der Waals surface area (Å²) in [6, 6.07) is 0.179. The van der Waals surface area contributed by atoms with Crippen LogP contribution in [0.3, 0.4) is 0 Å². The maximum Gasteiger partial charge on any atom is 0.377 e. The van der Waals surface area contributed by atoms with Crippen molar-refractivity contribution in [3.8, 4) is 0 Å². The number of alkyl halides is 2. The number of nitrogens with one attached hydrogen (secondary N) is 1. The van der Waals surface area contributed by atoms with Gasteiger partial charge in [0, 0.05) is 19.1 Å². The normalized spacial score (nSPS) is 24.3. The van der Waals surface area contributed by atoms with Crippen molar-refractivity contribution in [2.75, 3.05) is 26.2 Å². The second-order valence-electron chi connectivity index (χ2n) is 4.73. The minimum absolute atomic E-state index is 0.179. The molecule has 1 rings (SSSR count). The quantitative estimate of drug-likeness (QED) is 0.703. The van der Waals surface area contributed by atoms with E-state index in [1.165, 1.54) is 0 Å². The summed E-state index contributed by atoms with van der Waals surface area (Å²) in [5, 5.41) is 3.13. The average Bonchev–Trinajstić information content (AvgIpc) is 2.57. The maximum absolute atomic E-state index is 12.9. The van der Waals surface area contributed by atoms with E-state index in [0.717, 1.165) is 19.6 Å². The summed E-state index contributed by atoms with van der Waals surface area (Å²) in [7, 11) is 0. The van der Waals surface area contributed by atoms with E-state index in [9.17, 15) is 13.6 Å². The molecule has 0 radical (unpaired) electrons. The van der Waals surface area contributed by atoms with Gasteiger partial charge in [0.15, 0.2) is 0 Å². The Labute approximate surface area is 107 Å². The molecular formula is C12H22F2N2O2. The van der Waals surface area contributed by atoms with Gasteiger partial charge in [-0.3, -0.25) is 0 Å². The van der Waals surface area contributed by atoms with Crippen LogP contribution in [0.1, 0.15) is 27.2 Å². The number of likely N-dealkylation sites (N-methyl/N-ethyl adjacent to an activating group) is 1. The number of ether oxygens (including phenoxy) is 1. The van der Waals surface area contributed by atoms with Crippen LogP contribution in [0.15, 0.2) is 0 Å². The summed E-state index contributed by atoms with van der Waals surface area (Å²) >= 11 is 0. The molecule has 0 saturated carbocycles. The van der Waals surface area contributed by atoms with Crippen LogP contribution in [0, 0.1) is 0 Å². The fourth-order valence-electron chi connectivity index (χ4n) is 2.03. The lowest BCUT2D eigenvalue weighted by atomic mass is 10.2. The van der Waals surface area contributed by atoms with Gasteiger partial charge >= 0.3 is 11.9 Å². The predicted octanol–water partition coefficient (Wildman–Crippen LogP) is 1.26. The first kappa shape index (κ1) is 15.3. The lowest BCUT2D eigenvalue weighted by molar-refractivity contribution is -0.159. The van der Waals surface area contributed by atoms with E-state index in [1.54, 1.807) is 0 Å². The molecule has 2 unspecified atom stereocenters. The van der Waals surface area contributed by atoms with Crippen LogP contribution in [0.4, 0.5) is 8.78 Å². The number of cyclic esters (lactones) is 1. The number of hydrogen-bond acceptors (Lipinski definition) is 4. The largest absolute Gasteiger partial charge is 0.456 e. The summed E-state index contributed by atoms with van der Waals surface area (Å²) < 4.78 is 30.5. The van der Waals surface area contributed by atoms with E-state index in [1.807, 2.05) is 6.92 Å². The fourth-order valence-corrected chi connectivity index (χ4v) is 2.03. The summed E-state index contributed by atoms with van der Waals surface area (Å²) in [5.41, 5.74) is 0. The van der Waals surface area contributed by atoms with Gasteiger partial charge in [-0.1, -0.05) is 13.8 Å². The van der Waals surface area contributed by atoms with Gasteiger partial charge in [0.1, 0.15) is 6.10 Å². The highest BCUT2D eigenvalue weighted by molar-refractivity contribution is 5.79. The summed E-state index contributed by atoms with van der Waals surface area (Å²) in [6.07, 6.45) is -1.23. The van der Waals surface area contributed by atoms with Crippen LogP contribution in [0.25, 0.3) is 0 Å². The molecule has 106 valence electrons. The number of nitrogens with zero attached hydrogens (tertiary/aromatic N) is 1. The van der Waals surface area contributed by atoms with Crippen molar-refractivity contribution in [3.63, 3.8) is 0 Å². The minimum Gasteiger partial charge on any atom is -0.456 e. The first-order chi connectivity index (χ1) is 8.39. The van der Waals surface area contributed by atoms with Gasteiger partial charge in [-0.05, 0) is 20.0 Å². The third-order valence-electron chi connectivity index (χ3n) is 3.18. The first-order valence-electron chi connectivity index (χ1n) is 6.43. The van der Waals surface area contributed by atoms with E-state index >= 15 is 0 Å². The van der Waals surface area contributed by atoms with Crippen molar-refractivity contribution in [2.45, 2.75) is 45.3 Å². The summed E-state index contributed by atoms with van der Waals surface area (Å²) in [6.45, 7) is 9.20. The van der Waals surface area contributed by atoms with Crippen molar-refractivity contribution >= 4 is 5.97 Å². The third kappa shape index (κ3) is 4.17. The first-order valence-corrected chi connectivity index (χ1v) is 6.43. The third-order valence-corrected chi connectivity index (χ3v) is 3.18. The zero-order chi connectivity index (χ0) is 13.8. The zero-order valence-electron chi connectivity index (χ0n) is 11.2. The van der Waals surface area contributed by atoms with Gasteiger partial charge in [-0.2, -0.15) is 8.78 Å². The average molecular weight is 264 g/mol. The van der Waals surface area contributed by atoms with Crippen LogP contribution < -0.4 is 5.32 Å². The van der Waals surface area contributed by atoms with E-state index < -0.39 is 24.4 Å². The highest BCUT2D eigenvalue weighted by Crippen LogP contribution is 2.30. The van der Waals surface area contributed by atoms with Crippen LogP contribution in [-0.2, 0) is 9.53 Å². The molecule has 6 heteroatoms. The zero-order valence-corrected chi connectivity index (χ0v) is 11.2. The molecule has 2 atom stereocenters. The molecule has 0 spiro atoms. The van der Waals surface area contributed by atoms with E-state index in [0.29, 0.717) is 0 Å². The molecule has 1 saturated heterocycles. The van der Waals surface area contributed by atoms with Crippen LogP contribution in [-0.4, -0.2) is 55.1 Å². The fraction of sp³-hybridized carbons (Fsp3) is 0.917. The predicted molar refractivity (Wildman–Crippen MR) is 64.7 cm³/mol. The van der Waals surface area contributed by atoms with E-state index in [2.05, 4.69) is 28.8 Å². The second kappa shape index (κ2) is 6.43. The van der Waals surface area contributed by atoms with Gasteiger partial charge in [0.2, 0.25) is 0 Å². The Morgan fingerprint density at radius 1 is 1.50 bits per heavy atom. The van der Waals surface area contributed by atoms with Gasteiger partial charge in [-0.15, -0.1) is 0 Å². The molecular weight excluding hydrogens is 242 g/mol. The Balaban J connectivity index is 2.27. The SMILES string of the molecule is CCN(CC)CC(C)NCC1CC(F)(F)C(=O)O1. The molecule has 0 amide bonds. The number of hydrogen-bond donors (Lipinski definition) is 1. The van der Waals surface area contributed by atoms with Crippen molar-refractivity contribution in [2.24, 2.45) is 0 Å². The molecule has 0 aromatic carbocycles. The topological polar surface area (TPSA) is 41.6 Å². The maximum atomic E-state index is 12.9.